The summed E-state index contributed by atoms with van der Waals surface area (Å²) in [6.45, 7) is 2.32. The zero-order valence-electron chi connectivity index (χ0n) is 11.7. The van der Waals surface area contributed by atoms with Crippen LogP contribution in [-0.2, 0) is 19.6 Å². The highest BCUT2D eigenvalue weighted by Crippen LogP contribution is 2.07. The van der Waals surface area contributed by atoms with Crippen molar-refractivity contribution >= 4 is 33.6 Å². The fraction of sp³-hybridized carbons (Fsp3) is 0.818. The maximum atomic E-state index is 12.4. The maximum absolute atomic E-state index is 12.4. The van der Waals surface area contributed by atoms with Crippen molar-refractivity contribution in [2.45, 2.75) is 19.4 Å². The topological polar surface area (TPSA) is 95.6 Å². The molecule has 0 aliphatic carbocycles. The van der Waals surface area contributed by atoms with Crippen molar-refractivity contribution in [1.82, 2.24) is 14.9 Å². The Morgan fingerprint density at radius 3 is 2.80 bits per heavy atom. The number of sulfonamides is 1. The van der Waals surface area contributed by atoms with Gasteiger partial charge in [-0.3, -0.25) is 9.59 Å². The smallest absolute Gasteiger partial charge is 0.241 e. The molecule has 1 heterocycles. The molecular formula is C11H21N3O4S2. The molecule has 1 unspecified atom stereocenters. The standard InChI is InChI=1S/C11H21N3O4S2/c1-3-20(17,18)13-9(4-7-19-2)11(16)14-6-5-12-10(15)8-14/h9,13H,3-8H2,1-2H3,(H,12,15). The first-order valence-corrected chi connectivity index (χ1v) is 9.48. The molecule has 1 rings (SSSR count). The zero-order chi connectivity index (χ0) is 15.2. The van der Waals surface area contributed by atoms with Crippen molar-refractivity contribution in [3.8, 4) is 0 Å². The fourth-order valence-corrected chi connectivity index (χ4v) is 3.11. The van der Waals surface area contributed by atoms with Gasteiger partial charge < -0.3 is 10.2 Å². The molecule has 0 saturated carbocycles. The van der Waals surface area contributed by atoms with Crippen LogP contribution in [0, 0.1) is 0 Å². The molecule has 1 aliphatic rings. The summed E-state index contributed by atoms with van der Waals surface area (Å²) in [6, 6.07) is -0.793. The lowest BCUT2D eigenvalue weighted by Crippen LogP contribution is -2.56. The molecule has 0 spiro atoms. The van der Waals surface area contributed by atoms with Crippen molar-refractivity contribution in [2.75, 3.05) is 37.4 Å². The van der Waals surface area contributed by atoms with Gasteiger partial charge in [0.05, 0.1) is 12.3 Å². The molecule has 116 valence electrons. The van der Waals surface area contributed by atoms with E-state index in [0.717, 1.165) is 0 Å². The van der Waals surface area contributed by atoms with Gasteiger partial charge >= 0.3 is 0 Å². The highest BCUT2D eigenvalue weighted by molar-refractivity contribution is 7.98. The molecular weight excluding hydrogens is 302 g/mol. The van der Waals surface area contributed by atoms with Crippen LogP contribution in [0.2, 0.25) is 0 Å². The molecule has 2 N–H and O–H groups in total. The number of piperazine rings is 1. The minimum Gasteiger partial charge on any atom is -0.353 e. The quantitative estimate of drug-likeness (QED) is 0.627. The van der Waals surface area contributed by atoms with Gasteiger partial charge in [-0.1, -0.05) is 0 Å². The highest BCUT2D eigenvalue weighted by atomic mass is 32.2. The summed E-state index contributed by atoms with van der Waals surface area (Å²) in [7, 11) is -3.45. The van der Waals surface area contributed by atoms with Crippen LogP contribution in [-0.4, -0.2) is 68.6 Å². The normalized spacial score (nSPS) is 17.7. The summed E-state index contributed by atoms with van der Waals surface area (Å²) in [6.07, 6.45) is 2.31. The molecule has 1 saturated heterocycles. The van der Waals surface area contributed by atoms with Crippen LogP contribution >= 0.6 is 11.8 Å². The van der Waals surface area contributed by atoms with E-state index < -0.39 is 16.1 Å². The number of nitrogens with zero attached hydrogens (tertiary/aromatic N) is 1. The first kappa shape index (κ1) is 17.3. The summed E-state index contributed by atoms with van der Waals surface area (Å²) in [5, 5.41) is 2.63. The van der Waals surface area contributed by atoms with Gasteiger partial charge in [-0.25, -0.2) is 13.1 Å². The van der Waals surface area contributed by atoms with Gasteiger partial charge in [-0.05, 0) is 25.4 Å². The molecule has 9 heteroatoms. The predicted octanol–water partition coefficient (Wildman–Crippen LogP) is -0.994. The number of carbonyl (C=O) groups is 2. The molecule has 0 radical (unpaired) electrons. The van der Waals surface area contributed by atoms with Crippen LogP contribution in [0.3, 0.4) is 0 Å². The second kappa shape index (κ2) is 7.84. The van der Waals surface area contributed by atoms with E-state index in [0.29, 0.717) is 25.3 Å². The number of hydrogen-bond acceptors (Lipinski definition) is 5. The van der Waals surface area contributed by atoms with Gasteiger partial charge in [0, 0.05) is 13.1 Å². The number of nitrogens with one attached hydrogen (secondary N) is 2. The number of carbonyl (C=O) groups excluding carboxylic acids is 2. The maximum Gasteiger partial charge on any atom is 0.241 e. The average Bonchev–Trinajstić information content (AvgIpc) is 2.42. The number of thioether (sulfide) groups is 1. The molecule has 0 bridgehead atoms. The second-order valence-electron chi connectivity index (χ2n) is 4.47. The Kier molecular flexibility index (Phi) is 6.77. The van der Waals surface area contributed by atoms with Gasteiger partial charge in [0.1, 0.15) is 6.04 Å². The molecule has 1 fully saturated rings. The van der Waals surface area contributed by atoms with Crippen LogP contribution in [0.15, 0.2) is 0 Å². The van der Waals surface area contributed by atoms with Crippen LogP contribution < -0.4 is 10.0 Å². The predicted molar refractivity (Wildman–Crippen MR) is 79.0 cm³/mol. The van der Waals surface area contributed by atoms with E-state index in [-0.39, 0.29) is 24.1 Å². The average molecular weight is 323 g/mol. The number of hydrogen-bond donors (Lipinski definition) is 2. The third kappa shape index (κ3) is 5.29. The minimum atomic E-state index is -3.45. The number of amides is 2. The molecule has 1 aliphatic heterocycles. The highest BCUT2D eigenvalue weighted by Gasteiger charge is 2.30. The summed E-state index contributed by atoms with van der Waals surface area (Å²) >= 11 is 1.54. The lowest BCUT2D eigenvalue weighted by molar-refractivity contribution is -0.139. The Labute approximate surface area is 123 Å². The second-order valence-corrected chi connectivity index (χ2v) is 7.49. The molecule has 0 aromatic rings. The van der Waals surface area contributed by atoms with E-state index in [9.17, 15) is 18.0 Å². The van der Waals surface area contributed by atoms with E-state index in [1.807, 2.05) is 6.26 Å². The van der Waals surface area contributed by atoms with Crippen molar-refractivity contribution in [2.24, 2.45) is 0 Å². The van der Waals surface area contributed by atoms with Gasteiger partial charge in [0.25, 0.3) is 0 Å². The van der Waals surface area contributed by atoms with E-state index in [1.165, 1.54) is 11.8 Å². The monoisotopic (exact) mass is 323 g/mol. The van der Waals surface area contributed by atoms with E-state index in [4.69, 9.17) is 0 Å². The molecule has 7 nitrogen and oxygen atoms in total. The Morgan fingerprint density at radius 2 is 2.25 bits per heavy atom. The van der Waals surface area contributed by atoms with Gasteiger partial charge in [-0.2, -0.15) is 11.8 Å². The van der Waals surface area contributed by atoms with E-state index >= 15 is 0 Å². The molecule has 1 atom stereocenters. The lowest BCUT2D eigenvalue weighted by atomic mass is 10.2. The SMILES string of the molecule is CCS(=O)(=O)NC(CCSC)C(=O)N1CCNC(=O)C1. The van der Waals surface area contributed by atoms with Crippen LogP contribution in [0.5, 0.6) is 0 Å². The van der Waals surface area contributed by atoms with Crippen molar-refractivity contribution < 1.29 is 18.0 Å². The fourth-order valence-electron chi connectivity index (χ4n) is 1.82. The van der Waals surface area contributed by atoms with Gasteiger partial charge in [0.2, 0.25) is 21.8 Å². The molecule has 2 amide bonds. The minimum absolute atomic E-state index is 0.0115. The third-order valence-corrected chi connectivity index (χ3v) is 5.01. The van der Waals surface area contributed by atoms with Crippen LogP contribution in [0.25, 0.3) is 0 Å². The molecule has 0 aromatic carbocycles. The molecule has 0 aromatic heterocycles. The Morgan fingerprint density at radius 1 is 1.55 bits per heavy atom. The third-order valence-electron chi connectivity index (χ3n) is 2.96. The first-order chi connectivity index (χ1) is 9.39. The Balaban J connectivity index is 2.75. The van der Waals surface area contributed by atoms with Crippen molar-refractivity contribution in [3.63, 3.8) is 0 Å². The van der Waals surface area contributed by atoms with Gasteiger partial charge in [0.15, 0.2) is 0 Å². The van der Waals surface area contributed by atoms with E-state index in [1.54, 1.807) is 11.8 Å². The summed E-state index contributed by atoms with van der Waals surface area (Å²) in [5.74, 6) is 0.0524. The lowest BCUT2D eigenvalue weighted by Gasteiger charge is -2.30. The summed E-state index contributed by atoms with van der Waals surface area (Å²) < 4.78 is 25.7. The zero-order valence-corrected chi connectivity index (χ0v) is 13.3. The van der Waals surface area contributed by atoms with Crippen molar-refractivity contribution in [1.29, 1.82) is 0 Å². The summed E-state index contributed by atoms with van der Waals surface area (Å²) in [4.78, 5) is 25.1. The Hall–Kier alpha value is -0.800. The van der Waals surface area contributed by atoms with Crippen LogP contribution in [0.1, 0.15) is 13.3 Å². The van der Waals surface area contributed by atoms with E-state index in [2.05, 4.69) is 10.0 Å². The van der Waals surface area contributed by atoms with Crippen molar-refractivity contribution in [3.05, 3.63) is 0 Å². The summed E-state index contributed by atoms with van der Waals surface area (Å²) in [5.41, 5.74) is 0. The van der Waals surface area contributed by atoms with Gasteiger partial charge in [-0.15, -0.1) is 0 Å². The first-order valence-electron chi connectivity index (χ1n) is 6.44. The largest absolute Gasteiger partial charge is 0.353 e. The molecule has 20 heavy (non-hydrogen) atoms. The number of rotatable bonds is 7. The van der Waals surface area contributed by atoms with Crippen LogP contribution in [0.4, 0.5) is 0 Å². The Bertz CT molecular complexity index is 453.